The summed E-state index contributed by atoms with van der Waals surface area (Å²) in [5.41, 5.74) is 0.911. The molecule has 0 aliphatic carbocycles. The van der Waals surface area contributed by atoms with Gasteiger partial charge in [0.25, 0.3) is 0 Å². The summed E-state index contributed by atoms with van der Waals surface area (Å²) in [6, 6.07) is 7.41. The zero-order valence-corrected chi connectivity index (χ0v) is 13.1. The third kappa shape index (κ3) is 6.99. The van der Waals surface area contributed by atoms with Crippen LogP contribution in [0, 0.1) is 0 Å². The Balaban J connectivity index is 2.25. The van der Waals surface area contributed by atoms with Gasteiger partial charge in [-0.15, -0.1) is 11.6 Å². The van der Waals surface area contributed by atoms with Crippen molar-refractivity contribution >= 4 is 23.4 Å². The lowest BCUT2D eigenvalue weighted by Gasteiger charge is -2.08. The van der Waals surface area contributed by atoms with Gasteiger partial charge in [-0.05, 0) is 31.5 Å². The van der Waals surface area contributed by atoms with Crippen molar-refractivity contribution in [2.24, 2.45) is 0 Å². The van der Waals surface area contributed by atoms with E-state index in [1.165, 1.54) is 0 Å². The highest BCUT2D eigenvalue weighted by Crippen LogP contribution is 2.12. The molecule has 6 heteroatoms. The summed E-state index contributed by atoms with van der Waals surface area (Å²) in [7, 11) is 0. The number of rotatable bonds is 8. The number of halogens is 1. The van der Waals surface area contributed by atoms with Crippen LogP contribution in [0.4, 0.5) is 0 Å². The van der Waals surface area contributed by atoms with Crippen LogP contribution in [0.15, 0.2) is 24.3 Å². The predicted molar refractivity (Wildman–Crippen MR) is 82.6 cm³/mol. The molecule has 2 amide bonds. The highest BCUT2D eigenvalue weighted by atomic mass is 35.5. The molecule has 116 valence electrons. The number of ether oxygens (including phenoxy) is 1. The van der Waals surface area contributed by atoms with Crippen LogP contribution in [0.3, 0.4) is 0 Å². The lowest BCUT2D eigenvalue weighted by molar-refractivity contribution is -0.122. The SMILES string of the molecule is CCOc1ccc(CC(=O)NCCNC(=O)C(C)Cl)cc1. The molecule has 0 fully saturated rings. The first-order valence-corrected chi connectivity index (χ1v) is 7.36. The van der Waals surface area contributed by atoms with Gasteiger partial charge < -0.3 is 15.4 Å². The first kappa shape index (κ1) is 17.3. The predicted octanol–water partition coefficient (Wildman–Crippen LogP) is 1.49. The van der Waals surface area contributed by atoms with E-state index in [1.54, 1.807) is 6.92 Å². The van der Waals surface area contributed by atoms with Crippen molar-refractivity contribution in [3.05, 3.63) is 29.8 Å². The zero-order chi connectivity index (χ0) is 15.7. The van der Waals surface area contributed by atoms with Crippen LogP contribution in [0.5, 0.6) is 5.75 Å². The summed E-state index contributed by atoms with van der Waals surface area (Å²) in [6.45, 7) is 4.88. The molecule has 0 spiro atoms. The molecule has 2 N–H and O–H groups in total. The second kappa shape index (κ2) is 9.23. The van der Waals surface area contributed by atoms with E-state index in [1.807, 2.05) is 31.2 Å². The van der Waals surface area contributed by atoms with E-state index >= 15 is 0 Å². The average molecular weight is 313 g/mol. The molecule has 1 aromatic rings. The van der Waals surface area contributed by atoms with E-state index in [9.17, 15) is 9.59 Å². The fourth-order valence-corrected chi connectivity index (χ4v) is 1.72. The van der Waals surface area contributed by atoms with E-state index in [0.29, 0.717) is 26.1 Å². The van der Waals surface area contributed by atoms with Crippen LogP contribution in [-0.2, 0) is 16.0 Å². The van der Waals surface area contributed by atoms with Gasteiger partial charge in [0.15, 0.2) is 0 Å². The molecule has 0 aliphatic heterocycles. The number of carbonyl (C=O) groups is 2. The molecule has 5 nitrogen and oxygen atoms in total. The second-order valence-corrected chi connectivity index (χ2v) is 5.17. The number of hydrogen-bond donors (Lipinski definition) is 2. The molecule has 1 aromatic carbocycles. The summed E-state index contributed by atoms with van der Waals surface area (Å²) in [5.74, 6) is 0.462. The minimum Gasteiger partial charge on any atom is -0.494 e. The van der Waals surface area contributed by atoms with Crippen LogP contribution in [0.1, 0.15) is 19.4 Å². The number of hydrogen-bond acceptors (Lipinski definition) is 3. The maximum Gasteiger partial charge on any atom is 0.237 e. The third-order valence-electron chi connectivity index (χ3n) is 2.71. The molecule has 1 unspecified atom stereocenters. The molecule has 0 saturated heterocycles. The molecule has 0 heterocycles. The molecular weight excluding hydrogens is 292 g/mol. The zero-order valence-electron chi connectivity index (χ0n) is 12.3. The molecule has 1 atom stereocenters. The van der Waals surface area contributed by atoms with Gasteiger partial charge in [-0.3, -0.25) is 9.59 Å². The quantitative estimate of drug-likeness (QED) is 0.564. The van der Waals surface area contributed by atoms with Gasteiger partial charge in [0, 0.05) is 13.1 Å². The molecular formula is C15H21ClN2O3. The molecule has 1 rings (SSSR count). The van der Waals surface area contributed by atoms with Gasteiger partial charge in [0.2, 0.25) is 11.8 Å². The van der Waals surface area contributed by atoms with Crippen molar-refractivity contribution in [3.8, 4) is 5.75 Å². The van der Waals surface area contributed by atoms with Crippen LogP contribution in [0.25, 0.3) is 0 Å². The van der Waals surface area contributed by atoms with Gasteiger partial charge in [0.05, 0.1) is 13.0 Å². The smallest absolute Gasteiger partial charge is 0.237 e. The third-order valence-corrected chi connectivity index (χ3v) is 2.90. The summed E-state index contributed by atoms with van der Waals surface area (Å²) in [5, 5.41) is 4.79. The van der Waals surface area contributed by atoms with Gasteiger partial charge >= 0.3 is 0 Å². The maximum absolute atomic E-state index is 11.7. The molecule has 0 saturated carbocycles. The van der Waals surface area contributed by atoms with Crippen LogP contribution >= 0.6 is 11.6 Å². The van der Waals surface area contributed by atoms with Crippen LogP contribution in [0.2, 0.25) is 0 Å². The fourth-order valence-electron chi connectivity index (χ4n) is 1.65. The summed E-state index contributed by atoms with van der Waals surface area (Å²) in [6.07, 6.45) is 0.298. The molecule has 0 aliphatic rings. The Morgan fingerprint density at radius 1 is 1.19 bits per heavy atom. The normalized spacial score (nSPS) is 11.6. The lowest BCUT2D eigenvalue weighted by Crippen LogP contribution is -2.37. The minimum absolute atomic E-state index is 0.0904. The van der Waals surface area contributed by atoms with Crippen LogP contribution < -0.4 is 15.4 Å². The van der Waals surface area contributed by atoms with Gasteiger partial charge in [-0.25, -0.2) is 0 Å². The van der Waals surface area contributed by atoms with E-state index in [2.05, 4.69) is 10.6 Å². The topological polar surface area (TPSA) is 67.4 Å². The van der Waals surface area contributed by atoms with E-state index in [0.717, 1.165) is 11.3 Å². The molecule has 21 heavy (non-hydrogen) atoms. The molecule has 0 bridgehead atoms. The Hall–Kier alpha value is -1.75. The summed E-state index contributed by atoms with van der Waals surface area (Å²) < 4.78 is 5.34. The Bertz CT molecular complexity index is 460. The Morgan fingerprint density at radius 3 is 2.38 bits per heavy atom. The van der Waals surface area contributed by atoms with Crippen molar-refractivity contribution in [2.45, 2.75) is 25.6 Å². The van der Waals surface area contributed by atoms with Crippen molar-refractivity contribution in [3.63, 3.8) is 0 Å². The minimum atomic E-state index is -0.565. The lowest BCUT2D eigenvalue weighted by atomic mass is 10.1. The Morgan fingerprint density at radius 2 is 1.81 bits per heavy atom. The summed E-state index contributed by atoms with van der Waals surface area (Å²) in [4.78, 5) is 22.9. The fraction of sp³-hybridized carbons (Fsp3) is 0.467. The Kier molecular flexibility index (Phi) is 7.61. The van der Waals surface area contributed by atoms with Gasteiger partial charge in [-0.2, -0.15) is 0 Å². The number of amides is 2. The molecule has 0 radical (unpaired) electrons. The summed E-state index contributed by atoms with van der Waals surface area (Å²) >= 11 is 5.60. The first-order valence-electron chi connectivity index (χ1n) is 6.93. The van der Waals surface area contributed by atoms with Gasteiger partial charge in [-0.1, -0.05) is 12.1 Å². The van der Waals surface area contributed by atoms with Crippen molar-refractivity contribution in [2.75, 3.05) is 19.7 Å². The maximum atomic E-state index is 11.7. The van der Waals surface area contributed by atoms with E-state index < -0.39 is 5.38 Å². The first-order chi connectivity index (χ1) is 10.0. The Labute approximate surface area is 130 Å². The average Bonchev–Trinajstić information content (AvgIpc) is 2.45. The van der Waals surface area contributed by atoms with Crippen LogP contribution in [-0.4, -0.2) is 36.9 Å². The number of nitrogens with one attached hydrogen (secondary N) is 2. The highest BCUT2D eigenvalue weighted by Gasteiger charge is 2.08. The number of alkyl halides is 1. The van der Waals surface area contributed by atoms with E-state index in [-0.39, 0.29) is 11.8 Å². The van der Waals surface area contributed by atoms with Crippen molar-refractivity contribution < 1.29 is 14.3 Å². The van der Waals surface area contributed by atoms with Crippen molar-refractivity contribution in [1.82, 2.24) is 10.6 Å². The van der Waals surface area contributed by atoms with E-state index in [4.69, 9.17) is 16.3 Å². The number of carbonyl (C=O) groups excluding carboxylic acids is 2. The second-order valence-electron chi connectivity index (χ2n) is 4.51. The standard InChI is InChI=1S/C15H21ClN2O3/c1-3-21-13-6-4-12(5-7-13)10-14(19)17-8-9-18-15(20)11(2)16/h4-7,11H,3,8-10H2,1-2H3,(H,17,19)(H,18,20). The molecule has 0 aromatic heterocycles. The monoisotopic (exact) mass is 312 g/mol. The van der Waals surface area contributed by atoms with Crippen molar-refractivity contribution in [1.29, 1.82) is 0 Å². The number of benzene rings is 1. The largest absolute Gasteiger partial charge is 0.494 e. The highest BCUT2D eigenvalue weighted by molar-refractivity contribution is 6.30. The van der Waals surface area contributed by atoms with Gasteiger partial charge in [0.1, 0.15) is 11.1 Å².